The second-order valence-electron chi connectivity index (χ2n) is 4.22. The van der Waals surface area contributed by atoms with Crippen LogP contribution in [0.4, 0.5) is 0 Å². The SMILES string of the molecule is C1=CC[C@H](c2cccc3ccccc23)C=C1. The molecule has 0 unspecified atom stereocenters. The Hall–Kier alpha value is -1.82. The van der Waals surface area contributed by atoms with E-state index >= 15 is 0 Å². The number of hydrogen-bond donors (Lipinski definition) is 0. The number of benzene rings is 2. The van der Waals surface area contributed by atoms with Crippen molar-refractivity contribution in [2.45, 2.75) is 12.3 Å². The van der Waals surface area contributed by atoms with Crippen LogP contribution in [0.25, 0.3) is 10.8 Å². The second-order valence-corrected chi connectivity index (χ2v) is 4.22. The highest BCUT2D eigenvalue weighted by atomic mass is 14.1. The Morgan fingerprint density at radius 1 is 0.875 bits per heavy atom. The standard InChI is InChI=1S/C16H14/c1-2-7-13(8-3-1)16-12-6-10-14-9-4-5-11-15(14)16/h1-7,9-13H,8H2/t13-/m1/s1. The van der Waals surface area contributed by atoms with E-state index in [1.165, 1.54) is 16.3 Å². The molecule has 2 aromatic rings. The molecule has 0 fully saturated rings. The normalized spacial score (nSPS) is 19.1. The Morgan fingerprint density at radius 3 is 2.62 bits per heavy atom. The molecule has 3 rings (SSSR count). The first-order valence-electron chi connectivity index (χ1n) is 5.76. The van der Waals surface area contributed by atoms with Crippen molar-refractivity contribution in [3.63, 3.8) is 0 Å². The predicted octanol–water partition coefficient (Wildman–Crippen LogP) is 4.44. The Morgan fingerprint density at radius 2 is 1.75 bits per heavy atom. The van der Waals surface area contributed by atoms with Crippen LogP contribution in [-0.2, 0) is 0 Å². The summed E-state index contributed by atoms with van der Waals surface area (Å²) >= 11 is 0. The molecule has 0 saturated carbocycles. The highest BCUT2D eigenvalue weighted by molar-refractivity contribution is 5.86. The fraction of sp³-hybridized carbons (Fsp3) is 0.125. The fourth-order valence-corrected chi connectivity index (χ4v) is 2.39. The van der Waals surface area contributed by atoms with E-state index < -0.39 is 0 Å². The van der Waals surface area contributed by atoms with Gasteiger partial charge in [-0.1, -0.05) is 66.8 Å². The molecule has 1 aliphatic carbocycles. The minimum absolute atomic E-state index is 0.538. The second kappa shape index (κ2) is 3.97. The number of rotatable bonds is 1. The summed E-state index contributed by atoms with van der Waals surface area (Å²) in [7, 11) is 0. The zero-order chi connectivity index (χ0) is 10.8. The molecule has 0 aliphatic heterocycles. The van der Waals surface area contributed by atoms with E-state index in [2.05, 4.69) is 66.8 Å². The lowest BCUT2D eigenvalue weighted by Crippen LogP contribution is -1.97. The summed E-state index contributed by atoms with van der Waals surface area (Å²) in [5.41, 5.74) is 1.44. The van der Waals surface area contributed by atoms with Crippen molar-refractivity contribution in [2.75, 3.05) is 0 Å². The molecule has 0 heteroatoms. The molecule has 0 amide bonds. The third kappa shape index (κ3) is 1.57. The molecule has 0 saturated heterocycles. The lowest BCUT2D eigenvalue weighted by Gasteiger charge is -2.15. The van der Waals surface area contributed by atoms with Gasteiger partial charge in [0.2, 0.25) is 0 Å². The van der Waals surface area contributed by atoms with Crippen molar-refractivity contribution in [3.05, 3.63) is 72.3 Å². The van der Waals surface area contributed by atoms with Crippen molar-refractivity contribution in [3.8, 4) is 0 Å². The van der Waals surface area contributed by atoms with Crippen LogP contribution in [-0.4, -0.2) is 0 Å². The van der Waals surface area contributed by atoms with Crippen molar-refractivity contribution in [2.24, 2.45) is 0 Å². The average molecular weight is 206 g/mol. The lowest BCUT2D eigenvalue weighted by molar-refractivity contribution is 0.862. The molecule has 1 aliphatic rings. The van der Waals surface area contributed by atoms with Gasteiger partial charge in [0.05, 0.1) is 0 Å². The average Bonchev–Trinajstić information content (AvgIpc) is 2.39. The van der Waals surface area contributed by atoms with Crippen molar-refractivity contribution in [1.82, 2.24) is 0 Å². The van der Waals surface area contributed by atoms with Crippen LogP contribution in [0.3, 0.4) is 0 Å². The van der Waals surface area contributed by atoms with Gasteiger partial charge in [0.15, 0.2) is 0 Å². The van der Waals surface area contributed by atoms with Crippen LogP contribution in [0.5, 0.6) is 0 Å². The summed E-state index contributed by atoms with van der Waals surface area (Å²) in [4.78, 5) is 0. The number of fused-ring (bicyclic) bond motifs is 1. The first kappa shape index (κ1) is 9.41. The summed E-state index contributed by atoms with van der Waals surface area (Å²) in [6, 6.07) is 15.2. The number of allylic oxidation sites excluding steroid dienone is 4. The van der Waals surface area contributed by atoms with Crippen LogP contribution in [0.2, 0.25) is 0 Å². The summed E-state index contributed by atoms with van der Waals surface area (Å²) in [6.45, 7) is 0. The van der Waals surface area contributed by atoms with Crippen LogP contribution in [0, 0.1) is 0 Å². The van der Waals surface area contributed by atoms with Gasteiger partial charge in [-0.2, -0.15) is 0 Å². The predicted molar refractivity (Wildman–Crippen MR) is 69.6 cm³/mol. The third-order valence-corrected chi connectivity index (χ3v) is 3.20. The van der Waals surface area contributed by atoms with Gasteiger partial charge in [-0.3, -0.25) is 0 Å². The van der Waals surface area contributed by atoms with Crippen LogP contribution in [0.15, 0.2) is 66.8 Å². The number of hydrogen-bond acceptors (Lipinski definition) is 0. The Kier molecular flexibility index (Phi) is 2.34. The highest BCUT2D eigenvalue weighted by Crippen LogP contribution is 2.30. The minimum Gasteiger partial charge on any atom is -0.0836 e. The summed E-state index contributed by atoms with van der Waals surface area (Å²) in [5, 5.41) is 2.72. The van der Waals surface area contributed by atoms with Gasteiger partial charge in [0.25, 0.3) is 0 Å². The smallest absolute Gasteiger partial charge is 0.00618 e. The van der Waals surface area contributed by atoms with Gasteiger partial charge in [-0.05, 0) is 22.8 Å². The van der Waals surface area contributed by atoms with Gasteiger partial charge in [0.1, 0.15) is 0 Å². The molecule has 1 atom stereocenters. The molecule has 0 nitrogen and oxygen atoms in total. The molecule has 16 heavy (non-hydrogen) atoms. The molecule has 0 heterocycles. The summed E-state index contributed by atoms with van der Waals surface area (Å²) in [6.07, 6.45) is 9.93. The maximum absolute atomic E-state index is 2.29. The Labute approximate surface area is 95.9 Å². The van der Waals surface area contributed by atoms with E-state index in [0.717, 1.165) is 6.42 Å². The van der Waals surface area contributed by atoms with E-state index in [-0.39, 0.29) is 0 Å². The van der Waals surface area contributed by atoms with E-state index in [1.807, 2.05) is 0 Å². The largest absolute Gasteiger partial charge is 0.0836 e. The third-order valence-electron chi connectivity index (χ3n) is 3.20. The molecule has 0 aromatic heterocycles. The minimum atomic E-state index is 0.538. The molecule has 78 valence electrons. The van der Waals surface area contributed by atoms with Crippen molar-refractivity contribution < 1.29 is 0 Å². The van der Waals surface area contributed by atoms with Gasteiger partial charge >= 0.3 is 0 Å². The summed E-state index contributed by atoms with van der Waals surface area (Å²) < 4.78 is 0. The maximum Gasteiger partial charge on any atom is 0.00618 e. The van der Waals surface area contributed by atoms with Crippen LogP contribution < -0.4 is 0 Å². The zero-order valence-electron chi connectivity index (χ0n) is 9.14. The Bertz CT molecular complexity index is 556. The molecule has 0 bridgehead atoms. The molecular formula is C16H14. The highest BCUT2D eigenvalue weighted by Gasteiger charge is 2.10. The van der Waals surface area contributed by atoms with Gasteiger partial charge < -0.3 is 0 Å². The molecule has 0 N–H and O–H groups in total. The van der Waals surface area contributed by atoms with Gasteiger partial charge in [-0.25, -0.2) is 0 Å². The molecule has 0 spiro atoms. The molecule has 2 aromatic carbocycles. The fourth-order valence-electron chi connectivity index (χ4n) is 2.39. The first-order chi connectivity index (χ1) is 7.95. The van der Waals surface area contributed by atoms with Crippen molar-refractivity contribution in [1.29, 1.82) is 0 Å². The van der Waals surface area contributed by atoms with Crippen LogP contribution >= 0.6 is 0 Å². The zero-order valence-corrected chi connectivity index (χ0v) is 9.14. The molecule has 0 radical (unpaired) electrons. The lowest BCUT2D eigenvalue weighted by atomic mass is 9.89. The quantitative estimate of drug-likeness (QED) is 0.647. The van der Waals surface area contributed by atoms with E-state index in [9.17, 15) is 0 Å². The van der Waals surface area contributed by atoms with E-state index in [4.69, 9.17) is 0 Å². The first-order valence-corrected chi connectivity index (χ1v) is 5.76. The van der Waals surface area contributed by atoms with Crippen molar-refractivity contribution >= 4 is 10.8 Å². The van der Waals surface area contributed by atoms with E-state index in [1.54, 1.807) is 0 Å². The van der Waals surface area contributed by atoms with Gasteiger partial charge in [0, 0.05) is 5.92 Å². The summed E-state index contributed by atoms with van der Waals surface area (Å²) in [5.74, 6) is 0.538. The van der Waals surface area contributed by atoms with Gasteiger partial charge in [-0.15, -0.1) is 0 Å². The van der Waals surface area contributed by atoms with E-state index in [0.29, 0.717) is 5.92 Å². The molecular weight excluding hydrogens is 192 g/mol. The maximum atomic E-state index is 2.29. The van der Waals surface area contributed by atoms with Crippen LogP contribution in [0.1, 0.15) is 17.9 Å². The topological polar surface area (TPSA) is 0 Å². The Balaban J connectivity index is 2.16. The monoisotopic (exact) mass is 206 g/mol.